The highest BCUT2D eigenvalue weighted by atomic mass is 19.4. The SMILES string of the molecule is O=C(CN1CCCCCC1=O)Nc1cc(C(F)(F)F)ccc1N1CCCCC1. The number of nitrogens with zero attached hydrogens (tertiary/aromatic N) is 2. The number of rotatable bonds is 4. The molecule has 1 aromatic rings. The van der Waals surface area contributed by atoms with Crippen molar-refractivity contribution in [2.24, 2.45) is 0 Å². The Bertz CT molecular complexity index is 715. The molecular weight excluding hydrogens is 371 g/mol. The van der Waals surface area contributed by atoms with Crippen LogP contribution >= 0.6 is 0 Å². The Labute approximate surface area is 162 Å². The van der Waals surface area contributed by atoms with Crippen molar-refractivity contribution in [3.8, 4) is 0 Å². The molecule has 5 nitrogen and oxygen atoms in total. The summed E-state index contributed by atoms with van der Waals surface area (Å²) in [6.07, 6.45) is 1.54. The van der Waals surface area contributed by atoms with Gasteiger partial charge in [0, 0.05) is 26.1 Å². The monoisotopic (exact) mass is 397 g/mol. The van der Waals surface area contributed by atoms with Crippen LogP contribution in [0.1, 0.15) is 50.5 Å². The third-order valence-corrected chi connectivity index (χ3v) is 5.30. The first-order valence-electron chi connectivity index (χ1n) is 9.88. The van der Waals surface area contributed by atoms with Gasteiger partial charge in [-0.3, -0.25) is 9.59 Å². The first-order chi connectivity index (χ1) is 13.3. The van der Waals surface area contributed by atoms with Crippen molar-refractivity contribution in [2.75, 3.05) is 36.4 Å². The quantitative estimate of drug-likeness (QED) is 0.834. The molecule has 1 N–H and O–H groups in total. The van der Waals surface area contributed by atoms with Crippen LogP contribution in [0, 0.1) is 0 Å². The van der Waals surface area contributed by atoms with E-state index in [4.69, 9.17) is 0 Å². The maximum Gasteiger partial charge on any atom is 0.416 e. The van der Waals surface area contributed by atoms with E-state index in [9.17, 15) is 22.8 Å². The van der Waals surface area contributed by atoms with Crippen LogP contribution in [-0.4, -0.2) is 42.9 Å². The van der Waals surface area contributed by atoms with E-state index in [2.05, 4.69) is 5.32 Å². The second-order valence-electron chi connectivity index (χ2n) is 7.45. The van der Waals surface area contributed by atoms with Gasteiger partial charge in [0.05, 0.1) is 23.5 Å². The van der Waals surface area contributed by atoms with Gasteiger partial charge >= 0.3 is 6.18 Å². The molecule has 2 heterocycles. The lowest BCUT2D eigenvalue weighted by Crippen LogP contribution is -2.38. The fraction of sp³-hybridized carbons (Fsp3) is 0.600. The van der Waals surface area contributed by atoms with Gasteiger partial charge in [0.25, 0.3) is 0 Å². The predicted molar refractivity (Wildman–Crippen MR) is 101 cm³/mol. The van der Waals surface area contributed by atoms with E-state index in [0.29, 0.717) is 18.7 Å². The number of amides is 2. The van der Waals surface area contributed by atoms with Crippen LogP contribution < -0.4 is 10.2 Å². The van der Waals surface area contributed by atoms with Crippen molar-refractivity contribution in [2.45, 2.75) is 51.1 Å². The molecule has 0 saturated carbocycles. The average Bonchev–Trinajstić information content (AvgIpc) is 2.86. The van der Waals surface area contributed by atoms with E-state index in [1.807, 2.05) is 4.90 Å². The number of piperidine rings is 1. The summed E-state index contributed by atoms with van der Waals surface area (Å²) < 4.78 is 39.5. The largest absolute Gasteiger partial charge is 0.416 e. The Morgan fingerprint density at radius 3 is 2.39 bits per heavy atom. The summed E-state index contributed by atoms with van der Waals surface area (Å²) in [5.41, 5.74) is -0.0401. The minimum absolute atomic E-state index is 0.0760. The molecular formula is C20H26F3N3O2. The molecule has 2 fully saturated rings. The number of carbonyl (C=O) groups is 2. The van der Waals surface area contributed by atoms with E-state index in [1.165, 1.54) is 11.0 Å². The van der Waals surface area contributed by atoms with Gasteiger partial charge in [-0.15, -0.1) is 0 Å². The molecule has 0 bridgehead atoms. The summed E-state index contributed by atoms with van der Waals surface area (Å²) in [6, 6.07) is 3.48. The Morgan fingerprint density at radius 1 is 1.00 bits per heavy atom. The van der Waals surface area contributed by atoms with Crippen LogP contribution in [-0.2, 0) is 15.8 Å². The highest BCUT2D eigenvalue weighted by Crippen LogP contribution is 2.36. The van der Waals surface area contributed by atoms with Crippen LogP contribution in [0.15, 0.2) is 18.2 Å². The van der Waals surface area contributed by atoms with Crippen molar-refractivity contribution in [1.82, 2.24) is 4.90 Å². The van der Waals surface area contributed by atoms with E-state index in [-0.39, 0.29) is 18.1 Å². The minimum Gasteiger partial charge on any atom is -0.370 e. The molecule has 0 radical (unpaired) electrons. The van der Waals surface area contributed by atoms with Gasteiger partial charge in [-0.05, 0) is 50.3 Å². The van der Waals surface area contributed by atoms with Gasteiger partial charge in [0.1, 0.15) is 0 Å². The van der Waals surface area contributed by atoms with Crippen LogP contribution in [0.25, 0.3) is 0 Å². The predicted octanol–water partition coefficient (Wildman–Crippen LogP) is 4.04. The number of alkyl halides is 3. The van der Waals surface area contributed by atoms with Crippen molar-refractivity contribution in [1.29, 1.82) is 0 Å². The van der Waals surface area contributed by atoms with Crippen LogP contribution in [0.2, 0.25) is 0 Å². The van der Waals surface area contributed by atoms with Gasteiger partial charge in [0.15, 0.2) is 0 Å². The van der Waals surface area contributed by atoms with E-state index in [1.54, 1.807) is 0 Å². The Morgan fingerprint density at radius 2 is 1.68 bits per heavy atom. The van der Waals surface area contributed by atoms with Gasteiger partial charge < -0.3 is 15.1 Å². The highest BCUT2D eigenvalue weighted by molar-refractivity contribution is 5.97. The first kappa shape index (κ1) is 20.5. The second-order valence-corrected chi connectivity index (χ2v) is 7.45. The number of anilines is 2. The summed E-state index contributed by atoms with van der Waals surface area (Å²) >= 11 is 0. The lowest BCUT2D eigenvalue weighted by atomic mass is 10.1. The van der Waals surface area contributed by atoms with E-state index in [0.717, 1.165) is 63.7 Å². The molecule has 28 heavy (non-hydrogen) atoms. The number of halogens is 3. The minimum atomic E-state index is -4.49. The molecule has 2 aliphatic rings. The van der Waals surface area contributed by atoms with Crippen LogP contribution in [0.4, 0.5) is 24.5 Å². The average molecular weight is 397 g/mol. The molecule has 0 aliphatic carbocycles. The summed E-state index contributed by atoms with van der Waals surface area (Å²) in [6.45, 7) is 1.88. The van der Waals surface area contributed by atoms with Crippen molar-refractivity contribution in [3.05, 3.63) is 23.8 Å². The van der Waals surface area contributed by atoms with Gasteiger partial charge in [-0.2, -0.15) is 13.2 Å². The standard InChI is InChI=1S/C20H26F3N3O2/c21-20(22,23)15-8-9-17(25-10-5-2-6-11-25)16(13-15)24-18(27)14-26-12-4-1-3-7-19(26)28/h8-9,13H,1-7,10-12,14H2,(H,24,27). The van der Waals surface area contributed by atoms with Gasteiger partial charge in [-0.1, -0.05) is 6.42 Å². The molecule has 0 spiro atoms. The molecule has 0 aromatic heterocycles. The third-order valence-electron chi connectivity index (χ3n) is 5.30. The summed E-state index contributed by atoms with van der Waals surface area (Å²) in [5.74, 6) is -0.541. The van der Waals surface area contributed by atoms with Crippen molar-refractivity contribution < 1.29 is 22.8 Å². The van der Waals surface area contributed by atoms with Crippen LogP contribution in [0.3, 0.4) is 0 Å². The van der Waals surface area contributed by atoms with Gasteiger partial charge in [0.2, 0.25) is 11.8 Å². The van der Waals surface area contributed by atoms with Crippen molar-refractivity contribution in [3.63, 3.8) is 0 Å². The molecule has 8 heteroatoms. The molecule has 0 unspecified atom stereocenters. The zero-order valence-corrected chi connectivity index (χ0v) is 15.9. The van der Waals surface area contributed by atoms with Crippen molar-refractivity contribution >= 4 is 23.2 Å². The number of nitrogens with one attached hydrogen (secondary N) is 1. The molecule has 2 amide bonds. The number of benzene rings is 1. The maximum absolute atomic E-state index is 13.2. The fourth-order valence-corrected chi connectivity index (χ4v) is 3.79. The Balaban J connectivity index is 1.79. The number of hydrogen-bond donors (Lipinski definition) is 1. The normalized spacial score (nSPS) is 18.8. The lowest BCUT2D eigenvalue weighted by molar-refractivity contribution is -0.137. The molecule has 0 atom stereocenters. The summed E-state index contributed by atoms with van der Waals surface area (Å²) in [4.78, 5) is 28.1. The highest BCUT2D eigenvalue weighted by Gasteiger charge is 2.32. The molecule has 2 aliphatic heterocycles. The molecule has 1 aromatic carbocycles. The number of likely N-dealkylation sites (tertiary alicyclic amines) is 1. The topological polar surface area (TPSA) is 52.7 Å². The fourth-order valence-electron chi connectivity index (χ4n) is 3.79. The second kappa shape index (κ2) is 8.84. The maximum atomic E-state index is 13.2. The summed E-state index contributed by atoms with van der Waals surface area (Å²) in [7, 11) is 0. The Hall–Kier alpha value is -2.25. The smallest absolute Gasteiger partial charge is 0.370 e. The molecule has 3 rings (SSSR count). The molecule has 2 saturated heterocycles. The van der Waals surface area contributed by atoms with Crippen LogP contribution in [0.5, 0.6) is 0 Å². The zero-order chi connectivity index (χ0) is 20.1. The number of carbonyl (C=O) groups excluding carboxylic acids is 2. The first-order valence-corrected chi connectivity index (χ1v) is 9.88. The molecule has 154 valence electrons. The van der Waals surface area contributed by atoms with E-state index < -0.39 is 17.6 Å². The zero-order valence-electron chi connectivity index (χ0n) is 15.9. The lowest BCUT2D eigenvalue weighted by Gasteiger charge is -2.31. The van der Waals surface area contributed by atoms with E-state index >= 15 is 0 Å². The number of hydrogen-bond acceptors (Lipinski definition) is 3. The van der Waals surface area contributed by atoms with Gasteiger partial charge in [-0.25, -0.2) is 0 Å². The Kier molecular flexibility index (Phi) is 6.46. The third kappa shape index (κ3) is 5.17. The summed E-state index contributed by atoms with van der Waals surface area (Å²) in [5, 5.41) is 2.63.